The molecule has 0 saturated heterocycles. The molecule has 3 aromatic rings. The van der Waals surface area contributed by atoms with E-state index in [-0.39, 0.29) is 11.5 Å². The summed E-state index contributed by atoms with van der Waals surface area (Å²) in [4.78, 5) is 3.31. The molecule has 0 radical (unpaired) electrons. The molecule has 2 aromatic carbocycles. The van der Waals surface area contributed by atoms with Crippen LogP contribution in [-0.4, -0.2) is 4.98 Å². The quantitative estimate of drug-likeness (QED) is 0.554. The van der Waals surface area contributed by atoms with Crippen molar-refractivity contribution in [3.63, 3.8) is 0 Å². The van der Waals surface area contributed by atoms with Crippen molar-refractivity contribution in [2.75, 3.05) is 5.73 Å². The van der Waals surface area contributed by atoms with E-state index in [9.17, 15) is 4.39 Å². The van der Waals surface area contributed by atoms with Crippen LogP contribution in [0.2, 0.25) is 0 Å². The fraction of sp³-hybridized carbons (Fsp3) is 0.0667. The molecule has 0 atom stereocenters. The molecule has 0 unspecified atom stereocenters. The third kappa shape index (κ3) is 2.44. The second-order valence-electron chi connectivity index (χ2n) is 4.33. The number of nitrogen functional groups attached to an aromatic ring is 1. The van der Waals surface area contributed by atoms with Crippen molar-refractivity contribution in [1.82, 2.24) is 4.98 Å². The number of benzene rings is 2. The van der Waals surface area contributed by atoms with Crippen molar-refractivity contribution in [3.8, 4) is 0 Å². The van der Waals surface area contributed by atoms with E-state index in [2.05, 4.69) is 17.1 Å². The fourth-order valence-corrected chi connectivity index (χ4v) is 2.92. The SMILES string of the molecule is Nc1cccc(CSc2cc3ccccc3[nH]2)c1F. The number of hydrogen-bond donors (Lipinski definition) is 2. The lowest BCUT2D eigenvalue weighted by Crippen LogP contribution is -1.94. The first-order valence-electron chi connectivity index (χ1n) is 5.97. The van der Waals surface area contributed by atoms with Crippen LogP contribution in [0, 0.1) is 5.82 Å². The van der Waals surface area contributed by atoms with Gasteiger partial charge in [-0.1, -0.05) is 30.3 Å². The number of aromatic nitrogens is 1. The molecule has 3 rings (SSSR count). The number of nitrogens with one attached hydrogen (secondary N) is 1. The second kappa shape index (κ2) is 4.97. The van der Waals surface area contributed by atoms with E-state index in [1.807, 2.05) is 18.2 Å². The van der Waals surface area contributed by atoms with Crippen molar-refractivity contribution in [1.29, 1.82) is 0 Å². The zero-order valence-corrected chi connectivity index (χ0v) is 11.0. The van der Waals surface area contributed by atoms with Gasteiger partial charge >= 0.3 is 0 Å². The molecule has 2 nitrogen and oxygen atoms in total. The number of hydrogen-bond acceptors (Lipinski definition) is 2. The van der Waals surface area contributed by atoms with E-state index in [0.717, 1.165) is 15.9 Å². The van der Waals surface area contributed by atoms with Gasteiger partial charge in [-0.15, -0.1) is 11.8 Å². The predicted octanol–water partition coefficient (Wildman–Crippen LogP) is 4.18. The summed E-state index contributed by atoms with van der Waals surface area (Å²) in [6.07, 6.45) is 0. The molecule has 0 spiro atoms. The van der Waals surface area contributed by atoms with Crippen LogP contribution in [0.15, 0.2) is 53.6 Å². The summed E-state index contributed by atoms with van der Waals surface area (Å²) in [5.74, 6) is 0.245. The summed E-state index contributed by atoms with van der Waals surface area (Å²) in [5, 5.41) is 2.20. The molecule has 4 heteroatoms. The Labute approximate surface area is 114 Å². The minimum absolute atomic E-state index is 0.203. The zero-order valence-electron chi connectivity index (χ0n) is 10.2. The molecule has 96 valence electrons. The molecule has 1 aromatic heterocycles. The number of thioether (sulfide) groups is 1. The monoisotopic (exact) mass is 272 g/mol. The summed E-state index contributed by atoms with van der Waals surface area (Å²) >= 11 is 1.57. The molecule has 0 fully saturated rings. The highest BCUT2D eigenvalue weighted by atomic mass is 32.2. The molecule has 0 saturated carbocycles. The topological polar surface area (TPSA) is 41.8 Å². The highest BCUT2D eigenvalue weighted by Crippen LogP contribution is 2.27. The summed E-state index contributed by atoms with van der Waals surface area (Å²) in [6.45, 7) is 0. The number of rotatable bonds is 3. The average molecular weight is 272 g/mol. The number of nitrogens with two attached hydrogens (primary N) is 1. The van der Waals surface area contributed by atoms with E-state index in [0.29, 0.717) is 11.3 Å². The van der Waals surface area contributed by atoms with Crippen LogP contribution in [0.5, 0.6) is 0 Å². The standard InChI is InChI=1S/C15H13FN2S/c16-15-11(5-3-6-12(15)17)9-19-14-8-10-4-1-2-7-13(10)18-14/h1-8,18H,9,17H2. The van der Waals surface area contributed by atoms with E-state index in [1.165, 1.54) is 0 Å². The number of aromatic amines is 1. The first-order chi connectivity index (χ1) is 9.24. The second-order valence-corrected chi connectivity index (χ2v) is 5.35. The minimum Gasteiger partial charge on any atom is -0.396 e. The Bertz CT molecular complexity index is 688. The Kier molecular flexibility index (Phi) is 3.17. The van der Waals surface area contributed by atoms with E-state index >= 15 is 0 Å². The van der Waals surface area contributed by atoms with Gasteiger partial charge in [-0.05, 0) is 18.2 Å². The number of H-pyrrole nitrogens is 1. The first kappa shape index (κ1) is 12.1. The lowest BCUT2D eigenvalue weighted by atomic mass is 10.2. The maximum atomic E-state index is 13.8. The van der Waals surface area contributed by atoms with Crippen molar-refractivity contribution in [2.45, 2.75) is 10.8 Å². The molecule has 0 aliphatic carbocycles. The van der Waals surface area contributed by atoms with Crippen molar-refractivity contribution in [3.05, 3.63) is 59.9 Å². The smallest absolute Gasteiger partial charge is 0.150 e. The van der Waals surface area contributed by atoms with Gasteiger partial charge < -0.3 is 10.7 Å². The zero-order chi connectivity index (χ0) is 13.2. The Morgan fingerprint density at radius 3 is 2.79 bits per heavy atom. The summed E-state index contributed by atoms with van der Waals surface area (Å²) in [6, 6.07) is 15.3. The molecule has 1 heterocycles. The fourth-order valence-electron chi connectivity index (χ4n) is 1.99. The lowest BCUT2D eigenvalue weighted by molar-refractivity contribution is 0.622. The highest BCUT2D eigenvalue weighted by Gasteiger charge is 2.07. The molecular weight excluding hydrogens is 259 g/mol. The molecule has 0 amide bonds. The largest absolute Gasteiger partial charge is 0.396 e. The Hall–Kier alpha value is -1.94. The average Bonchev–Trinajstić information content (AvgIpc) is 2.83. The normalized spacial score (nSPS) is 11.0. The van der Waals surface area contributed by atoms with Gasteiger partial charge in [0, 0.05) is 22.2 Å². The maximum absolute atomic E-state index is 13.8. The summed E-state index contributed by atoms with van der Waals surface area (Å²) in [5.41, 5.74) is 7.49. The third-order valence-electron chi connectivity index (χ3n) is 3.00. The summed E-state index contributed by atoms with van der Waals surface area (Å²) < 4.78 is 13.8. The van der Waals surface area contributed by atoms with Gasteiger partial charge in [0.2, 0.25) is 0 Å². The van der Waals surface area contributed by atoms with E-state index < -0.39 is 0 Å². The van der Waals surface area contributed by atoms with Gasteiger partial charge in [-0.3, -0.25) is 0 Å². The number of para-hydroxylation sites is 1. The van der Waals surface area contributed by atoms with Gasteiger partial charge in [0.25, 0.3) is 0 Å². The van der Waals surface area contributed by atoms with Gasteiger partial charge in [0.15, 0.2) is 0 Å². The van der Waals surface area contributed by atoms with Crippen LogP contribution in [0.3, 0.4) is 0 Å². The van der Waals surface area contributed by atoms with E-state index in [4.69, 9.17) is 5.73 Å². The minimum atomic E-state index is -0.314. The number of anilines is 1. The van der Waals surface area contributed by atoms with Gasteiger partial charge in [-0.2, -0.15) is 0 Å². The first-order valence-corrected chi connectivity index (χ1v) is 6.96. The van der Waals surface area contributed by atoms with Crippen molar-refractivity contribution in [2.24, 2.45) is 0 Å². The van der Waals surface area contributed by atoms with Crippen LogP contribution in [-0.2, 0) is 5.75 Å². The predicted molar refractivity (Wildman–Crippen MR) is 78.7 cm³/mol. The highest BCUT2D eigenvalue weighted by molar-refractivity contribution is 7.98. The maximum Gasteiger partial charge on any atom is 0.150 e. The van der Waals surface area contributed by atoms with Crippen LogP contribution >= 0.6 is 11.8 Å². The molecule has 0 aliphatic rings. The van der Waals surface area contributed by atoms with Crippen LogP contribution in [0.4, 0.5) is 10.1 Å². The molecule has 0 aliphatic heterocycles. The van der Waals surface area contributed by atoms with Gasteiger partial charge in [-0.25, -0.2) is 4.39 Å². The molecule has 19 heavy (non-hydrogen) atoms. The van der Waals surface area contributed by atoms with Crippen molar-refractivity contribution < 1.29 is 4.39 Å². The molecular formula is C15H13FN2S. The van der Waals surface area contributed by atoms with E-state index in [1.54, 1.807) is 30.0 Å². The summed E-state index contributed by atoms with van der Waals surface area (Å²) in [7, 11) is 0. The molecule has 0 bridgehead atoms. The van der Waals surface area contributed by atoms with Crippen LogP contribution in [0.25, 0.3) is 10.9 Å². The Morgan fingerprint density at radius 1 is 1.11 bits per heavy atom. The Morgan fingerprint density at radius 2 is 1.95 bits per heavy atom. The number of fused-ring (bicyclic) bond motifs is 1. The third-order valence-corrected chi connectivity index (χ3v) is 3.98. The van der Waals surface area contributed by atoms with Crippen LogP contribution < -0.4 is 5.73 Å². The number of halogens is 1. The Balaban J connectivity index is 1.80. The van der Waals surface area contributed by atoms with Gasteiger partial charge in [0.1, 0.15) is 5.82 Å². The van der Waals surface area contributed by atoms with Gasteiger partial charge in [0.05, 0.1) is 10.7 Å². The lowest BCUT2D eigenvalue weighted by Gasteiger charge is -2.04. The van der Waals surface area contributed by atoms with Crippen LogP contribution in [0.1, 0.15) is 5.56 Å². The molecule has 3 N–H and O–H groups in total. The van der Waals surface area contributed by atoms with Crippen molar-refractivity contribution >= 4 is 28.4 Å².